The van der Waals surface area contributed by atoms with Gasteiger partial charge < -0.3 is 10.6 Å². The predicted molar refractivity (Wildman–Crippen MR) is 79.6 cm³/mol. The molecule has 2 N–H and O–H groups in total. The summed E-state index contributed by atoms with van der Waals surface area (Å²) in [6.07, 6.45) is 3.19. The number of amides is 1. The Bertz CT molecular complexity index is 700. The lowest BCUT2D eigenvalue weighted by molar-refractivity contribution is -0.384. The number of nitro benzene ring substituents is 1. The maximum atomic E-state index is 12.3. The average Bonchev–Trinajstić information content (AvgIpc) is 2.48. The van der Waals surface area contributed by atoms with Crippen molar-refractivity contribution in [1.82, 2.24) is 4.98 Å². The Labute approximate surface area is 121 Å². The van der Waals surface area contributed by atoms with Crippen molar-refractivity contribution in [3.63, 3.8) is 0 Å². The Morgan fingerprint density at radius 1 is 1.33 bits per heavy atom. The van der Waals surface area contributed by atoms with Crippen molar-refractivity contribution in [2.24, 2.45) is 0 Å². The molecule has 0 saturated carbocycles. The van der Waals surface area contributed by atoms with Crippen molar-refractivity contribution in [2.75, 3.05) is 17.7 Å². The third kappa shape index (κ3) is 2.97. The summed E-state index contributed by atoms with van der Waals surface area (Å²) in [4.78, 5) is 26.7. The fraction of sp³-hybridized carbons (Fsp3) is 0.143. The normalized spacial score (nSPS) is 10.0. The molecule has 21 heavy (non-hydrogen) atoms. The van der Waals surface area contributed by atoms with Gasteiger partial charge in [-0.1, -0.05) is 6.07 Å². The number of nitrogens with one attached hydrogen (secondary N) is 2. The van der Waals surface area contributed by atoms with Crippen LogP contribution < -0.4 is 10.6 Å². The molecule has 0 fully saturated rings. The summed E-state index contributed by atoms with van der Waals surface area (Å²) in [5.41, 5.74) is 1.68. The van der Waals surface area contributed by atoms with Crippen LogP contribution in [0.5, 0.6) is 0 Å². The summed E-state index contributed by atoms with van der Waals surface area (Å²) < 4.78 is 0. The second-order valence-electron chi connectivity index (χ2n) is 4.35. The van der Waals surface area contributed by atoms with Gasteiger partial charge in [0.1, 0.15) is 5.69 Å². The van der Waals surface area contributed by atoms with E-state index in [4.69, 9.17) is 0 Å². The fourth-order valence-corrected chi connectivity index (χ4v) is 1.95. The van der Waals surface area contributed by atoms with Crippen molar-refractivity contribution in [3.05, 3.63) is 57.9 Å². The molecule has 2 rings (SSSR count). The second-order valence-corrected chi connectivity index (χ2v) is 4.35. The maximum absolute atomic E-state index is 12.3. The molecule has 1 aromatic carbocycles. The standard InChI is InChI=1S/C14H14N4O3/c1-9-8-16-7-6-11(9)17-14(19)10-4-3-5-12(18(20)21)13(10)15-2/h3-8,15H,1-2H3,(H,16,17,19). The van der Waals surface area contributed by atoms with Gasteiger partial charge in [0.15, 0.2) is 0 Å². The SMILES string of the molecule is CNc1c(C(=O)Nc2ccncc2C)cccc1[N+](=O)[O-]. The number of carbonyl (C=O) groups is 1. The molecule has 7 heteroatoms. The number of hydrogen-bond donors (Lipinski definition) is 2. The number of benzene rings is 1. The molecule has 108 valence electrons. The summed E-state index contributed by atoms with van der Waals surface area (Å²) in [6, 6.07) is 6.03. The summed E-state index contributed by atoms with van der Waals surface area (Å²) >= 11 is 0. The largest absolute Gasteiger partial charge is 0.382 e. The number of para-hydroxylation sites is 1. The minimum atomic E-state index is -0.527. The highest BCUT2D eigenvalue weighted by Crippen LogP contribution is 2.28. The average molecular weight is 286 g/mol. The number of aromatic nitrogens is 1. The smallest absolute Gasteiger partial charge is 0.293 e. The van der Waals surface area contributed by atoms with E-state index in [1.54, 1.807) is 18.5 Å². The zero-order valence-corrected chi connectivity index (χ0v) is 11.6. The minimum Gasteiger partial charge on any atom is -0.382 e. The third-order valence-electron chi connectivity index (χ3n) is 3.00. The lowest BCUT2D eigenvalue weighted by Gasteiger charge is -2.11. The number of rotatable bonds is 4. The topological polar surface area (TPSA) is 97.2 Å². The fourth-order valence-electron chi connectivity index (χ4n) is 1.95. The first-order chi connectivity index (χ1) is 10.0. The van der Waals surface area contributed by atoms with Gasteiger partial charge >= 0.3 is 0 Å². The van der Waals surface area contributed by atoms with Crippen LogP contribution in [0.2, 0.25) is 0 Å². The van der Waals surface area contributed by atoms with Crippen LogP contribution in [-0.4, -0.2) is 22.9 Å². The number of pyridine rings is 1. The highest BCUT2D eigenvalue weighted by atomic mass is 16.6. The van der Waals surface area contributed by atoms with Crippen molar-refractivity contribution in [1.29, 1.82) is 0 Å². The molecule has 7 nitrogen and oxygen atoms in total. The maximum Gasteiger partial charge on any atom is 0.293 e. The first-order valence-corrected chi connectivity index (χ1v) is 6.21. The van der Waals surface area contributed by atoms with Crippen molar-refractivity contribution >= 4 is 23.0 Å². The molecule has 0 aliphatic rings. The second kappa shape index (κ2) is 6.00. The molecule has 0 spiro atoms. The van der Waals surface area contributed by atoms with Gasteiger partial charge in [0, 0.05) is 31.2 Å². The molecule has 0 unspecified atom stereocenters. The summed E-state index contributed by atoms with van der Waals surface area (Å²) in [6.45, 7) is 1.81. The molecular weight excluding hydrogens is 272 g/mol. The zero-order valence-electron chi connectivity index (χ0n) is 11.6. The number of anilines is 2. The molecule has 0 aliphatic carbocycles. The van der Waals surface area contributed by atoms with Gasteiger partial charge in [-0.05, 0) is 24.6 Å². The van der Waals surface area contributed by atoms with E-state index in [9.17, 15) is 14.9 Å². The number of carbonyl (C=O) groups excluding carboxylic acids is 1. The lowest BCUT2D eigenvalue weighted by atomic mass is 10.1. The lowest BCUT2D eigenvalue weighted by Crippen LogP contribution is -2.15. The van der Waals surface area contributed by atoms with Gasteiger partial charge in [-0.25, -0.2) is 0 Å². The summed E-state index contributed by atoms with van der Waals surface area (Å²) in [5.74, 6) is -0.419. The first kappa shape index (κ1) is 14.4. The molecule has 2 aromatic rings. The Morgan fingerprint density at radius 2 is 2.10 bits per heavy atom. The molecule has 0 aliphatic heterocycles. The first-order valence-electron chi connectivity index (χ1n) is 6.21. The van der Waals surface area contributed by atoms with E-state index >= 15 is 0 Å². The Balaban J connectivity index is 2.38. The van der Waals surface area contributed by atoms with E-state index in [1.807, 2.05) is 6.92 Å². The van der Waals surface area contributed by atoms with E-state index in [0.717, 1.165) is 5.56 Å². The predicted octanol–water partition coefficient (Wildman–Crippen LogP) is 2.59. The number of nitro groups is 1. The molecule has 0 saturated heterocycles. The van der Waals surface area contributed by atoms with Crippen LogP contribution >= 0.6 is 0 Å². The van der Waals surface area contributed by atoms with Crippen LogP contribution in [0.4, 0.5) is 17.1 Å². The molecule has 1 aromatic heterocycles. The number of hydrogen-bond acceptors (Lipinski definition) is 5. The van der Waals surface area contributed by atoms with Crippen LogP contribution in [0.25, 0.3) is 0 Å². The van der Waals surface area contributed by atoms with Gasteiger partial charge in [-0.15, -0.1) is 0 Å². The van der Waals surface area contributed by atoms with Gasteiger partial charge in [-0.2, -0.15) is 0 Å². The van der Waals surface area contributed by atoms with Crippen molar-refractivity contribution in [2.45, 2.75) is 6.92 Å². The molecular formula is C14H14N4O3. The quantitative estimate of drug-likeness (QED) is 0.665. The van der Waals surface area contributed by atoms with Gasteiger partial charge in [0.05, 0.1) is 10.5 Å². The van der Waals surface area contributed by atoms with E-state index in [2.05, 4.69) is 15.6 Å². The molecule has 0 atom stereocenters. The van der Waals surface area contributed by atoms with Crippen LogP contribution in [0.1, 0.15) is 15.9 Å². The highest BCUT2D eigenvalue weighted by Gasteiger charge is 2.20. The van der Waals surface area contributed by atoms with E-state index in [1.165, 1.54) is 25.2 Å². The van der Waals surface area contributed by atoms with Crippen molar-refractivity contribution in [3.8, 4) is 0 Å². The molecule has 1 heterocycles. The monoisotopic (exact) mass is 286 g/mol. The third-order valence-corrected chi connectivity index (χ3v) is 3.00. The summed E-state index contributed by atoms with van der Waals surface area (Å²) in [7, 11) is 1.54. The van der Waals surface area contributed by atoms with Crippen LogP contribution in [-0.2, 0) is 0 Å². The van der Waals surface area contributed by atoms with Crippen LogP contribution in [0.3, 0.4) is 0 Å². The Hall–Kier alpha value is -2.96. The van der Waals surface area contributed by atoms with Crippen molar-refractivity contribution < 1.29 is 9.72 Å². The van der Waals surface area contributed by atoms with Gasteiger partial charge in [0.2, 0.25) is 0 Å². The molecule has 1 amide bonds. The van der Waals surface area contributed by atoms with E-state index in [0.29, 0.717) is 5.69 Å². The van der Waals surface area contributed by atoms with E-state index < -0.39 is 10.8 Å². The molecule has 0 bridgehead atoms. The van der Waals surface area contributed by atoms with Gasteiger partial charge in [0.25, 0.3) is 11.6 Å². The highest BCUT2D eigenvalue weighted by molar-refractivity contribution is 6.09. The van der Waals surface area contributed by atoms with Gasteiger partial charge in [-0.3, -0.25) is 19.9 Å². The zero-order chi connectivity index (χ0) is 15.4. The molecule has 0 radical (unpaired) electrons. The summed E-state index contributed by atoms with van der Waals surface area (Å²) in [5, 5.41) is 16.4. The van der Waals surface area contributed by atoms with Crippen LogP contribution in [0, 0.1) is 17.0 Å². The van der Waals surface area contributed by atoms with E-state index in [-0.39, 0.29) is 16.9 Å². The number of aryl methyl sites for hydroxylation is 1. The Morgan fingerprint density at radius 3 is 2.71 bits per heavy atom. The Kier molecular flexibility index (Phi) is 4.13. The number of nitrogens with zero attached hydrogens (tertiary/aromatic N) is 2. The minimum absolute atomic E-state index is 0.142. The van der Waals surface area contributed by atoms with Crippen LogP contribution in [0.15, 0.2) is 36.7 Å².